The van der Waals surface area contributed by atoms with Gasteiger partial charge < -0.3 is 20.0 Å². The van der Waals surface area contributed by atoms with Crippen molar-refractivity contribution in [3.8, 4) is 5.69 Å². The van der Waals surface area contributed by atoms with Crippen LogP contribution in [0.15, 0.2) is 49.1 Å². The number of benzene rings is 1. The molecule has 1 aromatic carbocycles. The largest absolute Gasteiger partial charge is 0.490 e. The van der Waals surface area contributed by atoms with Gasteiger partial charge in [0, 0.05) is 23.2 Å². The van der Waals surface area contributed by atoms with Crippen LogP contribution in [0.2, 0.25) is 0 Å². The summed E-state index contributed by atoms with van der Waals surface area (Å²) < 4.78 is 16.5. The molecule has 3 rings (SSSR count). The highest BCUT2D eigenvalue weighted by Gasteiger charge is 2.15. The van der Waals surface area contributed by atoms with E-state index >= 15 is 0 Å². The number of aromatic nitrogens is 4. The Bertz CT molecular complexity index is 890. The Morgan fingerprint density at radius 2 is 2.08 bits per heavy atom. The summed E-state index contributed by atoms with van der Waals surface area (Å²) in [6.45, 7) is -0.253. The number of amides is 1. The van der Waals surface area contributed by atoms with Gasteiger partial charge in [0.15, 0.2) is 0 Å². The van der Waals surface area contributed by atoms with Crippen molar-refractivity contribution in [2.45, 2.75) is 6.54 Å². The highest BCUT2D eigenvalue weighted by Crippen LogP contribution is 2.19. The fraction of sp³-hybridized carbons (Fsp3) is 0.0714. The summed E-state index contributed by atoms with van der Waals surface area (Å²) in [5, 5.41) is 16.6. The van der Waals surface area contributed by atoms with Gasteiger partial charge in [0.25, 0.3) is 0 Å². The van der Waals surface area contributed by atoms with E-state index < -0.39 is 22.6 Å². The minimum Gasteiger partial charge on any atom is -0.390 e. The monoisotopic (exact) mass is 330 g/mol. The molecule has 9 nitrogen and oxygen atoms in total. The molecule has 0 radical (unpaired) electrons. The smallest absolute Gasteiger partial charge is 0.390 e. The summed E-state index contributed by atoms with van der Waals surface area (Å²) in [6, 6.07) is 7.65. The Morgan fingerprint density at radius 1 is 1.33 bits per heavy atom. The van der Waals surface area contributed by atoms with Crippen molar-refractivity contribution in [2.75, 3.05) is 5.32 Å². The van der Waals surface area contributed by atoms with Gasteiger partial charge in [-0.05, 0) is 35.3 Å². The lowest BCUT2D eigenvalue weighted by molar-refractivity contribution is -0.394. The van der Waals surface area contributed by atoms with E-state index in [0.29, 0.717) is 5.69 Å². The molecule has 10 heteroatoms. The van der Waals surface area contributed by atoms with E-state index in [1.54, 1.807) is 29.1 Å². The topological polar surface area (TPSA) is 108 Å². The van der Waals surface area contributed by atoms with Gasteiger partial charge in [-0.15, -0.1) is 0 Å². The van der Waals surface area contributed by atoms with Gasteiger partial charge >= 0.3 is 5.95 Å². The van der Waals surface area contributed by atoms with Gasteiger partial charge in [-0.3, -0.25) is 4.79 Å². The van der Waals surface area contributed by atoms with Crippen LogP contribution in [0.4, 0.5) is 16.0 Å². The molecule has 0 bridgehead atoms. The Morgan fingerprint density at radius 3 is 2.75 bits per heavy atom. The van der Waals surface area contributed by atoms with Crippen molar-refractivity contribution in [3.05, 3.63) is 65.0 Å². The number of carbonyl (C=O) groups excluding carboxylic acids is 1. The minimum atomic E-state index is -0.752. The molecule has 2 heterocycles. The first kappa shape index (κ1) is 15.3. The lowest BCUT2D eigenvalue weighted by Gasteiger charge is -2.09. The predicted molar refractivity (Wildman–Crippen MR) is 81.0 cm³/mol. The van der Waals surface area contributed by atoms with Crippen LogP contribution < -0.4 is 5.32 Å². The quantitative estimate of drug-likeness (QED) is 0.566. The third-order valence-electron chi connectivity index (χ3n) is 3.11. The third kappa shape index (κ3) is 3.27. The first-order valence-electron chi connectivity index (χ1n) is 6.79. The van der Waals surface area contributed by atoms with Crippen LogP contribution in [0.1, 0.15) is 0 Å². The molecular weight excluding hydrogens is 319 g/mol. The molecule has 0 saturated carbocycles. The number of nitrogens with one attached hydrogen (secondary N) is 1. The highest BCUT2D eigenvalue weighted by molar-refractivity contribution is 5.90. The van der Waals surface area contributed by atoms with Gasteiger partial charge in [0.05, 0.1) is 5.69 Å². The maximum absolute atomic E-state index is 13.9. The van der Waals surface area contributed by atoms with Gasteiger partial charge in [-0.1, -0.05) is 4.98 Å². The van der Waals surface area contributed by atoms with Crippen molar-refractivity contribution in [1.29, 1.82) is 0 Å². The molecule has 2 aromatic heterocycles. The van der Waals surface area contributed by atoms with Crippen LogP contribution >= 0.6 is 0 Å². The van der Waals surface area contributed by atoms with E-state index in [1.165, 1.54) is 18.2 Å². The number of nitrogens with zero attached hydrogens (tertiary/aromatic N) is 5. The summed E-state index contributed by atoms with van der Waals surface area (Å²) in [4.78, 5) is 25.2. The number of nitro groups is 1. The Kier molecular flexibility index (Phi) is 4.01. The molecule has 1 amide bonds. The molecule has 0 atom stereocenters. The number of anilines is 1. The highest BCUT2D eigenvalue weighted by atomic mass is 19.1. The van der Waals surface area contributed by atoms with E-state index in [2.05, 4.69) is 15.4 Å². The van der Waals surface area contributed by atoms with Gasteiger partial charge in [-0.25, -0.2) is 4.39 Å². The standard InChI is InChI=1S/C14H11FN6O3/c15-11-4-3-10(7-12(11)19-5-1-2-6-19)17-13(22)8-20-9-16-14(18-20)21(23)24/h1-7,9H,8H2,(H,17,22). The predicted octanol–water partition coefficient (Wildman–Crippen LogP) is 1.75. The molecule has 1 N–H and O–H groups in total. The molecule has 0 unspecified atom stereocenters. The van der Waals surface area contributed by atoms with Crippen molar-refractivity contribution < 1.29 is 14.1 Å². The maximum Gasteiger partial charge on any atom is 0.490 e. The van der Waals surface area contributed by atoms with Gasteiger partial charge in [0.1, 0.15) is 12.4 Å². The maximum atomic E-state index is 13.9. The molecular formula is C14H11FN6O3. The summed E-state index contributed by atoms with van der Waals surface area (Å²) in [6.07, 6.45) is 4.45. The molecule has 0 spiro atoms. The Balaban J connectivity index is 1.72. The van der Waals surface area contributed by atoms with Crippen molar-refractivity contribution in [3.63, 3.8) is 0 Å². The molecule has 0 fully saturated rings. The molecule has 122 valence electrons. The average molecular weight is 330 g/mol. The van der Waals surface area contributed by atoms with E-state index in [0.717, 1.165) is 11.0 Å². The second kappa shape index (κ2) is 6.28. The summed E-state index contributed by atoms with van der Waals surface area (Å²) in [5.41, 5.74) is 0.675. The zero-order valence-electron chi connectivity index (χ0n) is 12.2. The summed E-state index contributed by atoms with van der Waals surface area (Å²) in [7, 11) is 0. The van der Waals surface area contributed by atoms with Crippen LogP contribution in [0.25, 0.3) is 5.69 Å². The Hall–Kier alpha value is -3.56. The average Bonchev–Trinajstić information content (AvgIpc) is 3.20. The van der Waals surface area contributed by atoms with Crippen molar-refractivity contribution in [2.24, 2.45) is 0 Å². The van der Waals surface area contributed by atoms with E-state index in [1.807, 2.05) is 0 Å². The van der Waals surface area contributed by atoms with Crippen LogP contribution in [-0.2, 0) is 11.3 Å². The number of halogens is 1. The number of hydrogen-bond acceptors (Lipinski definition) is 5. The lowest BCUT2D eigenvalue weighted by Crippen LogP contribution is -2.19. The first-order valence-corrected chi connectivity index (χ1v) is 6.79. The molecule has 24 heavy (non-hydrogen) atoms. The second-order valence-corrected chi connectivity index (χ2v) is 4.80. The molecule has 3 aromatic rings. The van der Waals surface area contributed by atoms with Gasteiger partial charge in [0.2, 0.25) is 12.2 Å². The van der Waals surface area contributed by atoms with Crippen molar-refractivity contribution in [1.82, 2.24) is 19.3 Å². The van der Waals surface area contributed by atoms with Crippen LogP contribution in [0.5, 0.6) is 0 Å². The molecule has 0 aliphatic rings. The van der Waals surface area contributed by atoms with E-state index in [-0.39, 0.29) is 12.2 Å². The molecule has 0 aliphatic carbocycles. The van der Waals surface area contributed by atoms with Crippen LogP contribution in [0, 0.1) is 15.9 Å². The number of hydrogen-bond donors (Lipinski definition) is 1. The van der Waals surface area contributed by atoms with Crippen molar-refractivity contribution >= 4 is 17.5 Å². The SMILES string of the molecule is O=C(Cn1cnc([N+](=O)[O-])n1)Nc1ccc(F)c(-n2cccc2)c1. The normalized spacial score (nSPS) is 10.5. The van der Waals surface area contributed by atoms with E-state index in [4.69, 9.17) is 0 Å². The summed E-state index contributed by atoms with van der Waals surface area (Å²) in [5.74, 6) is -1.49. The number of rotatable bonds is 5. The minimum absolute atomic E-state index is 0.253. The number of carbonyl (C=O) groups is 1. The third-order valence-corrected chi connectivity index (χ3v) is 3.11. The van der Waals surface area contributed by atoms with Gasteiger partial charge in [-0.2, -0.15) is 4.68 Å². The summed E-state index contributed by atoms with van der Waals surface area (Å²) >= 11 is 0. The molecule has 0 aliphatic heterocycles. The van der Waals surface area contributed by atoms with E-state index in [9.17, 15) is 19.3 Å². The molecule has 0 saturated heterocycles. The zero-order chi connectivity index (χ0) is 17.1. The van der Waals surface area contributed by atoms with Crippen LogP contribution in [0.3, 0.4) is 0 Å². The zero-order valence-corrected chi connectivity index (χ0v) is 12.2. The fourth-order valence-corrected chi connectivity index (χ4v) is 2.08. The lowest BCUT2D eigenvalue weighted by atomic mass is 10.2. The first-order chi connectivity index (χ1) is 11.5. The van der Waals surface area contributed by atoms with Crippen LogP contribution in [-0.4, -0.2) is 30.2 Å². The fourth-order valence-electron chi connectivity index (χ4n) is 2.08. The second-order valence-electron chi connectivity index (χ2n) is 4.80. The Labute approximate surface area is 134 Å².